The van der Waals surface area contributed by atoms with Crippen molar-refractivity contribution >= 4 is 6.09 Å². The molecule has 8 heteroatoms. The van der Waals surface area contributed by atoms with Crippen LogP contribution in [0.4, 0.5) is 4.79 Å². The molecular weight excluding hydrogens is 236 g/mol. The summed E-state index contributed by atoms with van der Waals surface area (Å²) in [6.07, 6.45) is -0.308. The van der Waals surface area contributed by atoms with Crippen molar-refractivity contribution in [3.05, 3.63) is 5.82 Å². The van der Waals surface area contributed by atoms with Crippen LogP contribution in [0.2, 0.25) is 0 Å². The van der Waals surface area contributed by atoms with Gasteiger partial charge in [-0.05, 0) is 20.8 Å². The molecule has 0 bridgehead atoms. The fourth-order valence-electron chi connectivity index (χ4n) is 1.73. The molecule has 2 rings (SSSR count). The first kappa shape index (κ1) is 12.7. The Morgan fingerprint density at radius 3 is 2.89 bits per heavy atom. The Balaban J connectivity index is 1.96. The van der Waals surface area contributed by atoms with Crippen molar-refractivity contribution in [1.29, 1.82) is 0 Å². The maximum atomic E-state index is 11.9. The number of hydrogen-bond acceptors (Lipinski definition) is 6. The zero-order valence-electron chi connectivity index (χ0n) is 10.8. The summed E-state index contributed by atoms with van der Waals surface area (Å²) in [5, 5.41) is 17.0. The number of piperazine rings is 1. The number of aromatic amines is 1. The number of rotatable bonds is 1. The first-order valence-electron chi connectivity index (χ1n) is 5.90. The normalized spacial score (nSPS) is 20.8. The second-order valence-electron chi connectivity index (χ2n) is 5.20. The van der Waals surface area contributed by atoms with Gasteiger partial charge in [-0.1, -0.05) is 5.21 Å². The van der Waals surface area contributed by atoms with Gasteiger partial charge in [-0.25, -0.2) is 4.79 Å². The zero-order valence-corrected chi connectivity index (χ0v) is 10.8. The Morgan fingerprint density at radius 1 is 1.50 bits per heavy atom. The molecular formula is C10H18N6O2. The summed E-state index contributed by atoms with van der Waals surface area (Å²) in [6.45, 7) is 7.33. The first-order valence-corrected chi connectivity index (χ1v) is 5.90. The third-order valence-electron chi connectivity index (χ3n) is 2.50. The average Bonchev–Trinajstić information content (AvgIpc) is 2.80. The third kappa shape index (κ3) is 3.16. The highest BCUT2D eigenvalue weighted by Gasteiger charge is 2.29. The van der Waals surface area contributed by atoms with Crippen LogP contribution in [0.15, 0.2) is 0 Å². The number of amides is 1. The molecule has 100 valence electrons. The maximum absolute atomic E-state index is 11.9. The lowest BCUT2D eigenvalue weighted by atomic mass is 10.2. The largest absolute Gasteiger partial charge is 0.444 e. The molecule has 18 heavy (non-hydrogen) atoms. The lowest BCUT2D eigenvalue weighted by molar-refractivity contribution is 0.0192. The van der Waals surface area contributed by atoms with Crippen LogP contribution in [0, 0.1) is 0 Å². The van der Waals surface area contributed by atoms with E-state index < -0.39 is 5.60 Å². The molecule has 1 aliphatic rings. The minimum Gasteiger partial charge on any atom is -0.444 e. The summed E-state index contributed by atoms with van der Waals surface area (Å²) in [6, 6.07) is -0.106. The molecule has 1 amide bonds. The maximum Gasteiger partial charge on any atom is 0.410 e. The van der Waals surface area contributed by atoms with Gasteiger partial charge in [-0.3, -0.25) is 0 Å². The molecule has 0 saturated carbocycles. The Morgan fingerprint density at radius 2 is 2.28 bits per heavy atom. The highest BCUT2D eigenvalue weighted by Crippen LogP contribution is 2.15. The molecule has 8 nitrogen and oxygen atoms in total. The van der Waals surface area contributed by atoms with Crippen molar-refractivity contribution in [1.82, 2.24) is 30.8 Å². The van der Waals surface area contributed by atoms with Gasteiger partial charge >= 0.3 is 6.09 Å². The van der Waals surface area contributed by atoms with Gasteiger partial charge in [0.1, 0.15) is 5.60 Å². The minimum absolute atomic E-state index is 0.106. The van der Waals surface area contributed by atoms with Crippen LogP contribution in [0.3, 0.4) is 0 Å². The van der Waals surface area contributed by atoms with Crippen LogP contribution in [-0.4, -0.2) is 56.9 Å². The smallest absolute Gasteiger partial charge is 0.410 e. The molecule has 2 N–H and O–H groups in total. The Bertz CT molecular complexity index is 399. The van der Waals surface area contributed by atoms with E-state index in [1.54, 1.807) is 4.90 Å². The van der Waals surface area contributed by atoms with Gasteiger partial charge in [0, 0.05) is 19.6 Å². The van der Waals surface area contributed by atoms with E-state index in [-0.39, 0.29) is 12.1 Å². The van der Waals surface area contributed by atoms with Crippen LogP contribution < -0.4 is 5.32 Å². The van der Waals surface area contributed by atoms with Crippen molar-refractivity contribution in [3.8, 4) is 0 Å². The fraction of sp³-hybridized carbons (Fsp3) is 0.800. The summed E-state index contributed by atoms with van der Waals surface area (Å²) >= 11 is 0. The molecule has 1 aromatic rings. The van der Waals surface area contributed by atoms with E-state index in [4.69, 9.17) is 4.74 Å². The average molecular weight is 254 g/mol. The number of tetrazole rings is 1. The van der Waals surface area contributed by atoms with Crippen LogP contribution in [0.25, 0.3) is 0 Å². The van der Waals surface area contributed by atoms with E-state index in [1.807, 2.05) is 20.8 Å². The van der Waals surface area contributed by atoms with Gasteiger partial charge < -0.3 is 15.0 Å². The van der Waals surface area contributed by atoms with Gasteiger partial charge in [0.15, 0.2) is 5.82 Å². The van der Waals surface area contributed by atoms with E-state index in [9.17, 15) is 4.79 Å². The number of ether oxygens (including phenoxy) is 1. The summed E-state index contributed by atoms with van der Waals surface area (Å²) < 4.78 is 5.34. The van der Waals surface area contributed by atoms with E-state index >= 15 is 0 Å². The second kappa shape index (κ2) is 4.89. The number of nitrogens with zero attached hydrogens (tertiary/aromatic N) is 4. The molecule has 0 radical (unpaired) electrons. The second-order valence-corrected chi connectivity index (χ2v) is 5.20. The number of aromatic nitrogens is 4. The summed E-state index contributed by atoms with van der Waals surface area (Å²) in [4.78, 5) is 13.6. The van der Waals surface area contributed by atoms with Crippen molar-refractivity contribution in [2.75, 3.05) is 19.6 Å². The molecule has 0 aliphatic carbocycles. The molecule has 1 fully saturated rings. The van der Waals surface area contributed by atoms with Gasteiger partial charge in [0.2, 0.25) is 0 Å². The van der Waals surface area contributed by atoms with E-state index in [1.165, 1.54) is 0 Å². The zero-order chi connectivity index (χ0) is 13.2. The summed E-state index contributed by atoms with van der Waals surface area (Å²) in [7, 11) is 0. The van der Waals surface area contributed by atoms with E-state index in [0.717, 1.165) is 0 Å². The van der Waals surface area contributed by atoms with Crippen molar-refractivity contribution < 1.29 is 9.53 Å². The summed E-state index contributed by atoms with van der Waals surface area (Å²) in [5.41, 5.74) is -0.483. The number of carbonyl (C=O) groups is 1. The highest BCUT2D eigenvalue weighted by molar-refractivity contribution is 5.68. The Hall–Kier alpha value is -1.70. The van der Waals surface area contributed by atoms with Gasteiger partial charge in [-0.15, -0.1) is 10.2 Å². The summed E-state index contributed by atoms with van der Waals surface area (Å²) in [5.74, 6) is 0.559. The number of nitrogens with one attached hydrogen (secondary N) is 2. The molecule has 0 spiro atoms. The van der Waals surface area contributed by atoms with Crippen LogP contribution >= 0.6 is 0 Å². The molecule has 2 heterocycles. The molecule has 1 saturated heterocycles. The van der Waals surface area contributed by atoms with Crippen LogP contribution in [-0.2, 0) is 4.74 Å². The first-order chi connectivity index (χ1) is 8.46. The van der Waals surface area contributed by atoms with Crippen molar-refractivity contribution in [2.24, 2.45) is 0 Å². The third-order valence-corrected chi connectivity index (χ3v) is 2.50. The van der Waals surface area contributed by atoms with Crippen molar-refractivity contribution in [3.63, 3.8) is 0 Å². The van der Waals surface area contributed by atoms with Crippen LogP contribution in [0.1, 0.15) is 32.6 Å². The predicted molar refractivity (Wildman–Crippen MR) is 62.7 cm³/mol. The lowest BCUT2D eigenvalue weighted by Crippen LogP contribution is -2.50. The SMILES string of the molecule is CC(C)(C)OC(=O)N1CCNC(c2nn[nH]n2)C1. The van der Waals surface area contributed by atoms with Gasteiger partial charge in [-0.2, -0.15) is 5.21 Å². The monoisotopic (exact) mass is 254 g/mol. The molecule has 1 unspecified atom stereocenters. The molecule has 1 aromatic heterocycles. The topological polar surface area (TPSA) is 96.0 Å². The van der Waals surface area contributed by atoms with Crippen molar-refractivity contribution in [2.45, 2.75) is 32.4 Å². The minimum atomic E-state index is -0.483. The Labute approximate surface area is 105 Å². The molecule has 1 atom stereocenters. The highest BCUT2D eigenvalue weighted by atomic mass is 16.6. The fourth-order valence-corrected chi connectivity index (χ4v) is 1.73. The quantitative estimate of drug-likeness (QED) is 0.737. The molecule has 0 aromatic carbocycles. The van der Waals surface area contributed by atoms with E-state index in [2.05, 4.69) is 25.9 Å². The van der Waals surface area contributed by atoms with Gasteiger partial charge in [0.25, 0.3) is 0 Å². The van der Waals surface area contributed by atoms with Gasteiger partial charge in [0.05, 0.1) is 6.04 Å². The number of H-pyrrole nitrogens is 1. The Kier molecular flexibility index (Phi) is 3.46. The molecule has 1 aliphatic heterocycles. The predicted octanol–water partition coefficient (Wildman–Crippen LogP) is 0.0811. The lowest BCUT2D eigenvalue weighted by Gasteiger charge is -2.33. The number of hydrogen-bond donors (Lipinski definition) is 2. The number of carbonyl (C=O) groups excluding carboxylic acids is 1. The van der Waals surface area contributed by atoms with E-state index in [0.29, 0.717) is 25.5 Å². The standard InChI is InChI=1S/C10H18N6O2/c1-10(2,3)18-9(17)16-5-4-11-7(6-16)8-12-14-15-13-8/h7,11H,4-6H2,1-3H3,(H,12,13,14,15). The van der Waals surface area contributed by atoms with Crippen LogP contribution in [0.5, 0.6) is 0 Å².